The minimum absolute atomic E-state index is 0.0200. The Labute approximate surface area is 129 Å². The Balaban J connectivity index is 0.000000270. The van der Waals surface area contributed by atoms with E-state index >= 15 is 0 Å². The number of hydrogen-bond acceptors (Lipinski definition) is 5. The van der Waals surface area contributed by atoms with E-state index in [2.05, 4.69) is 9.72 Å². The van der Waals surface area contributed by atoms with Crippen molar-refractivity contribution in [2.45, 2.75) is 20.3 Å². The zero-order valence-electron chi connectivity index (χ0n) is 12.1. The van der Waals surface area contributed by atoms with Crippen LogP contribution in [0.5, 0.6) is 0 Å². The second kappa shape index (κ2) is 9.15. The molecule has 21 heavy (non-hydrogen) atoms. The molecular weight excluding hydrogens is 292 g/mol. The molecule has 114 valence electrons. The highest BCUT2D eigenvalue weighted by Gasteiger charge is 2.04. The van der Waals surface area contributed by atoms with Crippen molar-refractivity contribution in [1.82, 2.24) is 4.98 Å². The van der Waals surface area contributed by atoms with Crippen LogP contribution in [0.2, 0.25) is 5.02 Å². The summed E-state index contributed by atoms with van der Waals surface area (Å²) in [5.74, 6) is 1.20. The van der Waals surface area contributed by atoms with Crippen LogP contribution in [0.3, 0.4) is 0 Å². The van der Waals surface area contributed by atoms with E-state index < -0.39 is 0 Å². The minimum Gasteiger partial charge on any atom is -0.465 e. The van der Waals surface area contributed by atoms with Gasteiger partial charge in [0.2, 0.25) is 0 Å². The van der Waals surface area contributed by atoms with Crippen LogP contribution < -0.4 is 5.73 Å². The van der Waals surface area contributed by atoms with Gasteiger partial charge in [-0.1, -0.05) is 18.5 Å². The molecular formula is C15H19ClN2O3. The summed E-state index contributed by atoms with van der Waals surface area (Å²) in [6.45, 7) is 4.15. The van der Waals surface area contributed by atoms with Crippen molar-refractivity contribution in [1.29, 1.82) is 0 Å². The Morgan fingerprint density at radius 1 is 1.33 bits per heavy atom. The van der Waals surface area contributed by atoms with Crippen molar-refractivity contribution in [3.05, 3.63) is 41.4 Å². The van der Waals surface area contributed by atoms with Gasteiger partial charge in [-0.3, -0.25) is 4.79 Å². The molecule has 2 N–H and O–H groups in total. The first kappa shape index (κ1) is 17.2. The minimum atomic E-state index is -0.345. The molecule has 0 unspecified atom stereocenters. The molecule has 0 aliphatic heterocycles. The molecule has 0 fully saturated rings. The molecule has 0 bridgehead atoms. The largest absolute Gasteiger partial charge is 0.465 e. The van der Waals surface area contributed by atoms with Gasteiger partial charge in [-0.25, -0.2) is 4.98 Å². The second-order valence-corrected chi connectivity index (χ2v) is 4.42. The van der Waals surface area contributed by atoms with Crippen LogP contribution in [0, 0.1) is 0 Å². The topological polar surface area (TPSA) is 78.4 Å². The number of carbonyl (C=O) groups excluding carboxylic acids is 1. The van der Waals surface area contributed by atoms with E-state index in [1.165, 1.54) is 0 Å². The number of carbonyl (C=O) groups is 1. The quantitative estimate of drug-likeness (QED) is 0.878. The molecule has 0 aliphatic rings. The van der Waals surface area contributed by atoms with E-state index in [-0.39, 0.29) is 12.5 Å². The Morgan fingerprint density at radius 3 is 2.43 bits per heavy atom. The van der Waals surface area contributed by atoms with Crippen LogP contribution in [0.1, 0.15) is 19.7 Å². The summed E-state index contributed by atoms with van der Waals surface area (Å²) in [5, 5.41) is 0.726. The number of oxazole rings is 1. The normalized spacial score (nSPS) is 9.71. The highest BCUT2D eigenvalue weighted by atomic mass is 35.5. The number of halogens is 1. The lowest BCUT2D eigenvalue weighted by molar-refractivity contribution is -0.141. The van der Waals surface area contributed by atoms with E-state index in [9.17, 15) is 4.79 Å². The van der Waals surface area contributed by atoms with Crippen LogP contribution in [-0.4, -0.2) is 24.1 Å². The van der Waals surface area contributed by atoms with Crippen molar-refractivity contribution in [2.24, 2.45) is 5.73 Å². The van der Waals surface area contributed by atoms with Gasteiger partial charge in [-0.2, -0.15) is 0 Å². The first-order chi connectivity index (χ1) is 10.1. The van der Waals surface area contributed by atoms with Gasteiger partial charge in [-0.15, -0.1) is 0 Å². The van der Waals surface area contributed by atoms with Crippen LogP contribution >= 0.6 is 11.6 Å². The summed E-state index contributed by atoms with van der Waals surface area (Å²) in [6.07, 6.45) is 2.55. The van der Waals surface area contributed by atoms with E-state index in [0.717, 1.165) is 28.7 Å². The fraction of sp³-hybridized carbons (Fsp3) is 0.333. The number of hydrogen-bond donors (Lipinski definition) is 1. The molecule has 0 saturated heterocycles. The molecule has 0 amide bonds. The van der Waals surface area contributed by atoms with E-state index in [0.29, 0.717) is 6.61 Å². The monoisotopic (exact) mass is 310 g/mol. The predicted molar refractivity (Wildman–Crippen MR) is 82.0 cm³/mol. The number of benzene rings is 1. The highest BCUT2D eigenvalue weighted by Crippen LogP contribution is 2.22. The smallest absolute Gasteiger partial charge is 0.319 e. The Hall–Kier alpha value is -1.85. The van der Waals surface area contributed by atoms with Crippen molar-refractivity contribution < 1.29 is 13.9 Å². The second-order valence-electron chi connectivity index (χ2n) is 3.99. The molecule has 5 nitrogen and oxygen atoms in total. The van der Waals surface area contributed by atoms with E-state index in [1.807, 2.05) is 31.2 Å². The lowest BCUT2D eigenvalue weighted by atomic mass is 10.2. The van der Waals surface area contributed by atoms with Gasteiger partial charge in [0, 0.05) is 17.0 Å². The summed E-state index contributed by atoms with van der Waals surface area (Å²) < 4.78 is 9.93. The van der Waals surface area contributed by atoms with E-state index in [1.54, 1.807) is 13.1 Å². The maximum absolute atomic E-state index is 10.1. The third kappa shape index (κ3) is 5.97. The highest BCUT2D eigenvalue weighted by molar-refractivity contribution is 6.30. The lowest BCUT2D eigenvalue weighted by Crippen LogP contribution is -2.16. The predicted octanol–water partition coefficient (Wildman–Crippen LogP) is 3.07. The molecule has 0 atom stereocenters. The van der Waals surface area contributed by atoms with Gasteiger partial charge in [0.25, 0.3) is 0 Å². The summed E-state index contributed by atoms with van der Waals surface area (Å²) in [5.41, 5.74) is 5.89. The van der Waals surface area contributed by atoms with Crippen LogP contribution in [0.15, 0.2) is 34.9 Å². The number of nitrogens with zero attached hydrogens (tertiary/aromatic N) is 1. The van der Waals surface area contributed by atoms with Gasteiger partial charge in [-0.05, 0) is 31.2 Å². The Bertz CT molecular complexity index is 552. The number of rotatable bonds is 4. The summed E-state index contributed by atoms with van der Waals surface area (Å²) >= 11 is 5.79. The van der Waals surface area contributed by atoms with Crippen LogP contribution in [-0.2, 0) is 16.0 Å². The molecule has 2 aromatic rings. The van der Waals surface area contributed by atoms with Crippen LogP contribution in [0.25, 0.3) is 11.3 Å². The maximum atomic E-state index is 10.1. The zero-order valence-corrected chi connectivity index (χ0v) is 12.9. The maximum Gasteiger partial charge on any atom is 0.319 e. The van der Waals surface area contributed by atoms with Gasteiger partial charge in [0.15, 0.2) is 11.7 Å². The van der Waals surface area contributed by atoms with Crippen molar-refractivity contribution >= 4 is 17.6 Å². The molecule has 0 spiro atoms. The number of aryl methyl sites for hydroxylation is 1. The molecule has 0 radical (unpaired) electrons. The summed E-state index contributed by atoms with van der Waals surface area (Å²) in [7, 11) is 0. The fourth-order valence-electron chi connectivity index (χ4n) is 1.44. The van der Waals surface area contributed by atoms with Crippen molar-refractivity contribution in [3.63, 3.8) is 0 Å². The molecule has 6 heteroatoms. The molecule has 2 rings (SSSR count). The third-order valence-corrected chi connectivity index (χ3v) is 2.71. The molecule has 0 saturated carbocycles. The van der Waals surface area contributed by atoms with Crippen molar-refractivity contribution in [3.8, 4) is 11.3 Å². The summed E-state index contributed by atoms with van der Waals surface area (Å²) in [4.78, 5) is 14.2. The zero-order chi connectivity index (χ0) is 15.7. The van der Waals surface area contributed by atoms with Gasteiger partial charge >= 0.3 is 5.97 Å². The molecule has 0 aliphatic carbocycles. The molecule has 1 aromatic heterocycles. The first-order valence-corrected chi connectivity index (χ1v) is 7.04. The fourth-order valence-corrected chi connectivity index (χ4v) is 1.57. The Morgan fingerprint density at radius 2 is 2.00 bits per heavy atom. The van der Waals surface area contributed by atoms with E-state index in [4.69, 9.17) is 21.8 Å². The third-order valence-electron chi connectivity index (χ3n) is 2.46. The molecule has 1 heterocycles. The Kier molecular flexibility index (Phi) is 7.50. The average Bonchev–Trinajstić information content (AvgIpc) is 2.98. The SMILES string of the molecule is CCOC(=O)CN.CCc1ncc(-c2ccc(Cl)cc2)o1. The van der Waals surface area contributed by atoms with Gasteiger partial charge in [0.1, 0.15) is 0 Å². The standard InChI is InChI=1S/C11H10ClNO.C4H9NO2/c1-2-11-13-7-10(14-11)8-3-5-9(12)6-4-8;1-2-7-4(6)3-5/h3-7H,2H2,1H3;2-3,5H2,1H3. The summed E-state index contributed by atoms with van der Waals surface area (Å²) in [6, 6.07) is 7.51. The number of ether oxygens (including phenoxy) is 1. The lowest BCUT2D eigenvalue weighted by Gasteiger charge is -1.95. The number of nitrogens with two attached hydrogens (primary N) is 1. The average molecular weight is 311 g/mol. The van der Waals surface area contributed by atoms with Gasteiger partial charge < -0.3 is 14.9 Å². The number of aromatic nitrogens is 1. The molecule has 1 aromatic carbocycles. The first-order valence-electron chi connectivity index (χ1n) is 6.67. The number of esters is 1. The van der Waals surface area contributed by atoms with Gasteiger partial charge in [0.05, 0.1) is 19.3 Å². The van der Waals surface area contributed by atoms with Crippen LogP contribution in [0.4, 0.5) is 0 Å². The van der Waals surface area contributed by atoms with Crippen molar-refractivity contribution in [2.75, 3.05) is 13.2 Å².